The number of carbonyl (C=O) groups excluding carboxylic acids is 1. The summed E-state index contributed by atoms with van der Waals surface area (Å²) in [6, 6.07) is 17.7. The molecule has 32 heavy (non-hydrogen) atoms. The highest BCUT2D eigenvalue weighted by Crippen LogP contribution is 2.22. The molecule has 0 aliphatic carbocycles. The second-order valence-corrected chi connectivity index (χ2v) is 9.52. The van der Waals surface area contributed by atoms with Crippen LogP contribution in [0, 0.1) is 6.92 Å². The van der Waals surface area contributed by atoms with Gasteiger partial charge in [-0.1, -0.05) is 37.6 Å². The first-order chi connectivity index (χ1) is 15.3. The third-order valence-corrected chi connectivity index (χ3v) is 6.75. The Morgan fingerprint density at radius 3 is 2.47 bits per heavy atom. The maximum atomic E-state index is 13.1. The van der Waals surface area contributed by atoms with E-state index in [0.29, 0.717) is 23.4 Å². The van der Waals surface area contributed by atoms with Crippen LogP contribution in [0.25, 0.3) is 0 Å². The number of aryl methyl sites for hydroxylation is 2. The maximum Gasteiger partial charge on any atom is 0.262 e. The van der Waals surface area contributed by atoms with E-state index in [1.165, 1.54) is 16.5 Å². The number of amides is 1. The van der Waals surface area contributed by atoms with Gasteiger partial charge in [-0.05, 0) is 67.3 Å². The van der Waals surface area contributed by atoms with Crippen molar-refractivity contribution in [2.24, 2.45) is 0 Å². The van der Waals surface area contributed by atoms with E-state index in [1.807, 2.05) is 30.3 Å². The monoisotopic (exact) mass is 451 g/mol. The number of hydrogen-bond acceptors (Lipinski definition) is 4. The molecule has 168 valence electrons. The third-order valence-electron chi connectivity index (χ3n) is 5.22. The summed E-state index contributed by atoms with van der Waals surface area (Å²) in [5.41, 5.74) is 3.31. The fourth-order valence-corrected chi connectivity index (χ4v) is 4.71. The van der Waals surface area contributed by atoms with Crippen LogP contribution in [-0.2, 0) is 23.0 Å². The molecule has 0 aliphatic heterocycles. The quantitative estimate of drug-likeness (QED) is 0.507. The molecule has 1 amide bonds. The van der Waals surface area contributed by atoms with E-state index in [2.05, 4.69) is 16.6 Å². The molecular formula is C25H29N3O3S. The molecule has 0 saturated heterocycles. The summed E-state index contributed by atoms with van der Waals surface area (Å²) in [4.78, 5) is 18.7. The van der Waals surface area contributed by atoms with E-state index in [-0.39, 0.29) is 10.8 Å². The first-order valence-corrected chi connectivity index (χ1v) is 12.2. The van der Waals surface area contributed by atoms with Gasteiger partial charge >= 0.3 is 0 Å². The molecule has 6 nitrogen and oxygen atoms in total. The van der Waals surface area contributed by atoms with Crippen LogP contribution in [-0.4, -0.2) is 31.3 Å². The summed E-state index contributed by atoms with van der Waals surface area (Å²) < 4.78 is 28.8. The number of benzene rings is 2. The number of pyridine rings is 1. The zero-order chi connectivity index (χ0) is 23.1. The van der Waals surface area contributed by atoms with Gasteiger partial charge in [0.2, 0.25) is 0 Å². The molecule has 0 bridgehead atoms. The van der Waals surface area contributed by atoms with Crippen molar-refractivity contribution in [1.82, 2.24) is 9.88 Å². The smallest absolute Gasteiger partial charge is 0.262 e. The van der Waals surface area contributed by atoms with Crippen LogP contribution >= 0.6 is 0 Å². The maximum absolute atomic E-state index is 13.1. The second kappa shape index (κ2) is 10.4. The number of aromatic nitrogens is 1. The molecule has 0 spiro atoms. The predicted octanol–water partition coefficient (Wildman–Crippen LogP) is 4.81. The van der Waals surface area contributed by atoms with Gasteiger partial charge < -0.3 is 4.90 Å². The van der Waals surface area contributed by atoms with Gasteiger partial charge in [0.05, 0.1) is 17.1 Å². The molecule has 3 rings (SSSR count). The number of carbonyl (C=O) groups is 1. The normalized spacial score (nSPS) is 11.2. The van der Waals surface area contributed by atoms with Crippen molar-refractivity contribution < 1.29 is 13.2 Å². The van der Waals surface area contributed by atoms with E-state index in [9.17, 15) is 13.2 Å². The van der Waals surface area contributed by atoms with Crippen LogP contribution in [0.1, 0.15) is 46.9 Å². The highest BCUT2D eigenvalue weighted by atomic mass is 32.2. The van der Waals surface area contributed by atoms with Gasteiger partial charge in [-0.2, -0.15) is 0 Å². The van der Waals surface area contributed by atoms with Crippen molar-refractivity contribution in [1.29, 1.82) is 0 Å². The summed E-state index contributed by atoms with van der Waals surface area (Å²) in [5, 5.41) is 0. The van der Waals surface area contributed by atoms with Crippen molar-refractivity contribution in [2.75, 3.05) is 11.8 Å². The van der Waals surface area contributed by atoms with Crippen LogP contribution in [0.5, 0.6) is 0 Å². The minimum Gasteiger partial charge on any atom is -0.336 e. The van der Waals surface area contributed by atoms with Gasteiger partial charge in [-0.15, -0.1) is 0 Å². The fraction of sp³-hybridized carbons (Fsp3) is 0.280. The molecule has 1 aromatic heterocycles. The number of anilines is 1. The zero-order valence-corrected chi connectivity index (χ0v) is 19.5. The van der Waals surface area contributed by atoms with Crippen molar-refractivity contribution in [3.05, 3.63) is 89.2 Å². The lowest BCUT2D eigenvalue weighted by Crippen LogP contribution is -2.27. The average molecular weight is 452 g/mol. The lowest BCUT2D eigenvalue weighted by atomic mass is 10.1. The van der Waals surface area contributed by atoms with E-state index in [4.69, 9.17) is 0 Å². The molecule has 0 radical (unpaired) electrons. The Morgan fingerprint density at radius 2 is 1.81 bits per heavy atom. The Morgan fingerprint density at radius 1 is 1.06 bits per heavy atom. The second-order valence-electron chi connectivity index (χ2n) is 7.87. The summed E-state index contributed by atoms with van der Waals surface area (Å²) in [6.07, 6.45) is 4.85. The van der Waals surface area contributed by atoms with Gasteiger partial charge in [0, 0.05) is 24.5 Å². The SMILES string of the molecule is CCCCc1ccc(NS(=O)(=O)c2cc(C(=O)N(C)Cc3ccccn3)ccc2C)cc1. The summed E-state index contributed by atoms with van der Waals surface area (Å²) in [5.74, 6) is -0.271. The summed E-state index contributed by atoms with van der Waals surface area (Å²) in [7, 11) is -2.18. The fourth-order valence-electron chi connectivity index (χ4n) is 3.38. The molecule has 0 fully saturated rings. The largest absolute Gasteiger partial charge is 0.336 e. The molecule has 1 heterocycles. The third kappa shape index (κ3) is 5.95. The lowest BCUT2D eigenvalue weighted by molar-refractivity contribution is 0.0783. The van der Waals surface area contributed by atoms with Gasteiger partial charge in [0.15, 0.2) is 0 Å². The lowest BCUT2D eigenvalue weighted by Gasteiger charge is -2.18. The average Bonchev–Trinajstić information content (AvgIpc) is 2.78. The molecule has 1 N–H and O–H groups in total. The number of sulfonamides is 1. The van der Waals surface area contributed by atoms with Crippen LogP contribution in [0.2, 0.25) is 0 Å². The molecule has 0 unspecified atom stereocenters. The molecule has 3 aromatic rings. The standard InChI is InChI=1S/C25H29N3O3S/c1-4-5-8-20-11-14-22(15-12-20)27-32(30,31)24-17-21(13-10-19(24)2)25(29)28(3)18-23-9-6-7-16-26-23/h6-7,9-17,27H,4-5,8,18H2,1-3H3. The Balaban J connectivity index is 1.78. The highest BCUT2D eigenvalue weighted by molar-refractivity contribution is 7.92. The minimum atomic E-state index is -3.85. The molecule has 0 atom stereocenters. The number of nitrogens with one attached hydrogen (secondary N) is 1. The Hall–Kier alpha value is -3.19. The molecule has 7 heteroatoms. The number of unbranched alkanes of at least 4 members (excludes halogenated alkanes) is 1. The highest BCUT2D eigenvalue weighted by Gasteiger charge is 2.21. The number of hydrogen-bond donors (Lipinski definition) is 1. The van der Waals surface area contributed by atoms with Crippen molar-refractivity contribution in [3.8, 4) is 0 Å². The van der Waals surface area contributed by atoms with Gasteiger partial charge in [-0.3, -0.25) is 14.5 Å². The van der Waals surface area contributed by atoms with E-state index >= 15 is 0 Å². The van der Waals surface area contributed by atoms with E-state index in [0.717, 1.165) is 25.0 Å². The van der Waals surface area contributed by atoms with Crippen LogP contribution in [0.4, 0.5) is 5.69 Å². The first-order valence-electron chi connectivity index (χ1n) is 10.7. The van der Waals surface area contributed by atoms with E-state index in [1.54, 1.807) is 44.4 Å². The summed E-state index contributed by atoms with van der Waals surface area (Å²) >= 11 is 0. The Labute approximate surface area is 190 Å². The Bertz CT molecular complexity index is 1160. The number of nitrogens with zero attached hydrogens (tertiary/aromatic N) is 2. The van der Waals surface area contributed by atoms with Crippen molar-refractivity contribution in [3.63, 3.8) is 0 Å². The van der Waals surface area contributed by atoms with Crippen molar-refractivity contribution >= 4 is 21.6 Å². The minimum absolute atomic E-state index is 0.0876. The zero-order valence-electron chi connectivity index (χ0n) is 18.7. The number of rotatable bonds is 9. The first kappa shape index (κ1) is 23.5. The van der Waals surface area contributed by atoms with Crippen LogP contribution in [0.3, 0.4) is 0 Å². The molecule has 0 aliphatic rings. The summed E-state index contributed by atoms with van der Waals surface area (Å²) in [6.45, 7) is 4.19. The van der Waals surface area contributed by atoms with E-state index < -0.39 is 10.0 Å². The molecule has 2 aromatic carbocycles. The van der Waals surface area contributed by atoms with Crippen molar-refractivity contribution in [2.45, 2.75) is 44.6 Å². The van der Waals surface area contributed by atoms with Gasteiger partial charge in [0.25, 0.3) is 15.9 Å². The van der Waals surface area contributed by atoms with Gasteiger partial charge in [-0.25, -0.2) is 8.42 Å². The van der Waals surface area contributed by atoms with Crippen LogP contribution in [0.15, 0.2) is 71.8 Å². The Kier molecular flexibility index (Phi) is 7.64. The molecule has 0 saturated carbocycles. The van der Waals surface area contributed by atoms with Crippen LogP contribution < -0.4 is 4.72 Å². The molecular weight excluding hydrogens is 422 g/mol. The predicted molar refractivity (Wildman–Crippen MR) is 127 cm³/mol. The van der Waals surface area contributed by atoms with Gasteiger partial charge in [0.1, 0.15) is 0 Å². The topological polar surface area (TPSA) is 79.4 Å².